The van der Waals surface area contributed by atoms with E-state index in [-0.39, 0.29) is 0 Å². The molecule has 22 heavy (non-hydrogen) atoms. The summed E-state index contributed by atoms with van der Waals surface area (Å²) in [5.41, 5.74) is 5.03. The van der Waals surface area contributed by atoms with Crippen LogP contribution in [0.15, 0.2) is 66.8 Å². The molecule has 0 saturated heterocycles. The van der Waals surface area contributed by atoms with Gasteiger partial charge in [-0.05, 0) is 37.8 Å². The van der Waals surface area contributed by atoms with Crippen molar-refractivity contribution >= 4 is 6.08 Å². The number of aryl methyl sites for hydroxylation is 3. The molecule has 1 heteroatoms. The monoisotopic (exact) mass is 292 g/mol. The molecule has 0 bridgehead atoms. The molecule has 0 unspecified atom stereocenters. The third-order valence-corrected chi connectivity index (χ3v) is 3.54. The van der Waals surface area contributed by atoms with Gasteiger partial charge in [-0.25, -0.2) is 0 Å². The van der Waals surface area contributed by atoms with Crippen LogP contribution in [0.4, 0.5) is 0 Å². The Morgan fingerprint density at radius 3 is 2.32 bits per heavy atom. The smallest absolute Gasteiger partial charge is 0.0727 e. The Kier molecular flexibility index (Phi) is 6.17. The summed E-state index contributed by atoms with van der Waals surface area (Å²) in [6.45, 7) is 4.22. The second-order valence-electron chi connectivity index (χ2n) is 5.76. The Labute approximate surface area is 133 Å². The van der Waals surface area contributed by atoms with Gasteiger partial charge in [-0.2, -0.15) is 0 Å². The lowest BCUT2D eigenvalue weighted by molar-refractivity contribution is 0.213. The number of rotatable bonds is 6. The minimum atomic E-state index is -0.402. The minimum Gasteiger partial charge on any atom is -0.389 e. The molecule has 0 aliphatic carbocycles. The first-order valence-electron chi connectivity index (χ1n) is 7.78. The second-order valence-corrected chi connectivity index (χ2v) is 5.76. The molecule has 1 nitrogen and oxygen atoms in total. The first-order valence-corrected chi connectivity index (χ1v) is 7.78. The van der Waals surface area contributed by atoms with E-state index in [1.165, 1.54) is 16.7 Å². The van der Waals surface area contributed by atoms with Crippen LogP contribution in [0.2, 0.25) is 0 Å². The van der Waals surface area contributed by atoms with Gasteiger partial charge in [0.1, 0.15) is 0 Å². The summed E-state index contributed by atoms with van der Waals surface area (Å²) in [4.78, 5) is 0. The van der Waals surface area contributed by atoms with Crippen LogP contribution in [0.5, 0.6) is 0 Å². The summed E-state index contributed by atoms with van der Waals surface area (Å²) in [5.74, 6) is 0. The fourth-order valence-corrected chi connectivity index (χ4v) is 2.55. The lowest BCUT2D eigenvalue weighted by Crippen LogP contribution is -2.04. The van der Waals surface area contributed by atoms with E-state index in [1.54, 1.807) is 0 Å². The van der Waals surface area contributed by atoms with Crippen molar-refractivity contribution in [3.63, 3.8) is 0 Å². The van der Waals surface area contributed by atoms with E-state index in [0.29, 0.717) is 0 Å². The number of allylic oxidation sites excluding steroid dienone is 2. The maximum Gasteiger partial charge on any atom is 0.0727 e. The van der Waals surface area contributed by atoms with Crippen molar-refractivity contribution < 1.29 is 5.11 Å². The number of hydrogen-bond acceptors (Lipinski definition) is 1. The molecule has 1 atom stereocenters. The molecule has 0 amide bonds. The fourth-order valence-electron chi connectivity index (χ4n) is 2.55. The van der Waals surface area contributed by atoms with Crippen molar-refractivity contribution in [2.45, 2.75) is 32.8 Å². The molecule has 2 aromatic carbocycles. The van der Waals surface area contributed by atoms with Crippen LogP contribution in [0, 0.1) is 13.8 Å². The van der Waals surface area contributed by atoms with Crippen molar-refractivity contribution in [3.8, 4) is 0 Å². The second kappa shape index (κ2) is 8.35. The summed E-state index contributed by atoms with van der Waals surface area (Å²) in [7, 11) is 0. The standard InChI is InChI=1S/C21H24O/c1-17-14-18(2)16-20(15-17)12-13-21(22)11-7-6-10-19-8-4-3-5-9-19/h3-11,14-16,21-22H,12-13H2,1-2H3/b10-6+,11-7+/t21-/m0/s1. The molecule has 2 aromatic rings. The van der Waals surface area contributed by atoms with Crippen LogP contribution < -0.4 is 0 Å². The van der Waals surface area contributed by atoms with Crippen molar-refractivity contribution in [1.29, 1.82) is 0 Å². The molecular formula is C21H24O. The zero-order valence-electron chi connectivity index (χ0n) is 13.4. The Hall–Kier alpha value is -2.12. The van der Waals surface area contributed by atoms with Crippen molar-refractivity contribution in [2.24, 2.45) is 0 Å². The molecule has 2 rings (SSSR count). The number of benzene rings is 2. The Bertz CT molecular complexity index is 618. The van der Waals surface area contributed by atoms with E-state index in [0.717, 1.165) is 18.4 Å². The number of aliphatic hydroxyl groups is 1. The van der Waals surface area contributed by atoms with Gasteiger partial charge < -0.3 is 5.11 Å². The summed E-state index contributed by atoms with van der Waals surface area (Å²) >= 11 is 0. The Morgan fingerprint density at radius 1 is 0.955 bits per heavy atom. The van der Waals surface area contributed by atoms with Gasteiger partial charge in [0, 0.05) is 0 Å². The predicted octanol–water partition coefficient (Wildman–Crippen LogP) is 4.87. The highest BCUT2D eigenvalue weighted by Crippen LogP contribution is 2.12. The third kappa shape index (κ3) is 5.71. The normalized spacial score (nSPS) is 13.0. The average Bonchev–Trinajstić information content (AvgIpc) is 2.50. The summed E-state index contributed by atoms with van der Waals surface area (Å²) in [6, 6.07) is 16.7. The lowest BCUT2D eigenvalue weighted by Gasteiger charge is -2.07. The molecule has 0 fully saturated rings. The molecule has 1 N–H and O–H groups in total. The summed E-state index contributed by atoms with van der Waals surface area (Å²) in [6.07, 6.45) is 9.01. The topological polar surface area (TPSA) is 20.2 Å². The highest BCUT2D eigenvalue weighted by molar-refractivity contribution is 5.50. The zero-order chi connectivity index (χ0) is 15.8. The van der Waals surface area contributed by atoms with Gasteiger partial charge in [-0.3, -0.25) is 0 Å². The van der Waals surface area contributed by atoms with E-state index in [9.17, 15) is 5.11 Å². The molecule has 0 aromatic heterocycles. The van der Waals surface area contributed by atoms with E-state index in [4.69, 9.17) is 0 Å². The molecule has 0 radical (unpaired) electrons. The van der Waals surface area contributed by atoms with E-state index in [1.807, 2.05) is 42.5 Å². The quantitative estimate of drug-likeness (QED) is 0.753. The molecule has 0 spiro atoms. The van der Waals surface area contributed by atoms with Gasteiger partial charge >= 0.3 is 0 Å². The first-order chi connectivity index (χ1) is 10.6. The van der Waals surface area contributed by atoms with Gasteiger partial charge in [-0.15, -0.1) is 0 Å². The maximum atomic E-state index is 10.0. The van der Waals surface area contributed by atoms with Gasteiger partial charge in [0.25, 0.3) is 0 Å². The van der Waals surface area contributed by atoms with Crippen LogP contribution in [-0.4, -0.2) is 11.2 Å². The van der Waals surface area contributed by atoms with Crippen LogP contribution in [0.1, 0.15) is 28.7 Å². The van der Waals surface area contributed by atoms with Crippen molar-refractivity contribution in [3.05, 3.63) is 89.0 Å². The van der Waals surface area contributed by atoms with Crippen LogP contribution in [-0.2, 0) is 6.42 Å². The van der Waals surface area contributed by atoms with Gasteiger partial charge in [0.05, 0.1) is 6.10 Å². The average molecular weight is 292 g/mol. The van der Waals surface area contributed by atoms with Crippen LogP contribution in [0.25, 0.3) is 6.08 Å². The SMILES string of the molecule is Cc1cc(C)cc(CC[C@@H](O)/C=C/C=C/c2ccccc2)c1. The Balaban J connectivity index is 1.81. The Morgan fingerprint density at radius 2 is 1.64 bits per heavy atom. The molecule has 0 aliphatic rings. The summed E-state index contributed by atoms with van der Waals surface area (Å²) in [5, 5.41) is 10.0. The fraction of sp³-hybridized carbons (Fsp3) is 0.238. The zero-order valence-corrected chi connectivity index (χ0v) is 13.4. The van der Waals surface area contributed by atoms with Gasteiger partial charge in [-0.1, -0.05) is 84.0 Å². The largest absolute Gasteiger partial charge is 0.389 e. The van der Waals surface area contributed by atoms with Crippen LogP contribution >= 0.6 is 0 Å². The van der Waals surface area contributed by atoms with Crippen molar-refractivity contribution in [1.82, 2.24) is 0 Å². The predicted molar refractivity (Wildman–Crippen MR) is 94.9 cm³/mol. The number of aliphatic hydroxyl groups excluding tert-OH is 1. The van der Waals surface area contributed by atoms with E-state index < -0.39 is 6.10 Å². The minimum absolute atomic E-state index is 0.402. The van der Waals surface area contributed by atoms with E-state index >= 15 is 0 Å². The number of hydrogen-bond donors (Lipinski definition) is 1. The third-order valence-electron chi connectivity index (χ3n) is 3.54. The van der Waals surface area contributed by atoms with Crippen molar-refractivity contribution in [2.75, 3.05) is 0 Å². The van der Waals surface area contributed by atoms with Gasteiger partial charge in [0.15, 0.2) is 0 Å². The van der Waals surface area contributed by atoms with Crippen LogP contribution in [0.3, 0.4) is 0 Å². The molecule has 0 aliphatic heterocycles. The molecule has 114 valence electrons. The molecular weight excluding hydrogens is 268 g/mol. The van der Waals surface area contributed by atoms with Gasteiger partial charge in [0.2, 0.25) is 0 Å². The lowest BCUT2D eigenvalue weighted by atomic mass is 10.0. The molecule has 0 saturated carbocycles. The maximum absolute atomic E-state index is 10.0. The first kappa shape index (κ1) is 16.3. The summed E-state index contributed by atoms with van der Waals surface area (Å²) < 4.78 is 0. The molecule has 0 heterocycles. The van der Waals surface area contributed by atoms with E-state index in [2.05, 4.69) is 44.2 Å². The highest BCUT2D eigenvalue weighted by Gasteiger charge is 2.01. The highest BCUT2D eigenvalue weighted by atomic mass is 16.3.